The molecule has 3 aromatic rings. The topological polar surface area (TPSA) is 76.4 Å². The largest absolute Gasteiger partial charge is 0.508 e. The summed E-state index contributed by atoms with van der Waals surface area (Å²) in [5.41, 5.74) is 3.61. The average molecular weight is 395 g/mol. The molecule has 5 heteroatoms. The molecule has 0 fully saturated rings. The Hall–Kier alpha value is -4.04. The average Bonchev–Trinajstić information content (AvgIpc) is 3.10. The van der Waals surface area contributed by atoms with E-state index >= 15 is 0 Å². The molecule has 4 rings (SSSR count). The van der Waals surface area contributed by atoms with Gasteiger partial charge in [0.1, 0.15) is 5.75 Å². The molecule has 5 nitrogen and oxygen atoms in total. The number of benzene rings is 3. The highest BCUT2D eigenvalue weighted by atomic mass is 16.3. The Balaban J connectivity index is 1.70. The zero-order chi connectivity index (χ0) is 21.1. The van der Waals surface area contributed by atoms with Crippen LogP contribution in [-0.4, -0.2) is 11.0 Å². The van der Waals surface area contributed by atoms with E-state index in [9.17, 15) is 9.90 Å². The minimum Gasteiger partial charge on any atom is -0.508 e. The lowest BCUT2D eigenvalue weighted by Gasteiger charge is -2.25. The Morgan fingerprint density at radius 3 is 2.43 bits per heavy atom. The molecule has 2 atom stereocenters. The van der Waals surface area contributed by atoms with E-state index in [1.165, 1.54) is 0 Å². The van der Waals surface area contributed by atoms with Crippen LogP contribution < -0.4 is 10.2 Å². The molecule has 1 aliphatic rings. The highest BCUT2D eigenvalue weighted by molar-refractivity contribution is 6.08. The molecule has 0 unspecified atom stereocenters. The number of nitrogens with zero attached hydrogens (tertiary/aromatic N) is 2. The summed E-state index contributed by atoms with van der Waals surface area (Å²) in [7, 11) is 0. The maximum atomic E-state index is 13.4. The molecule has 30 heavy (non-hydrogen) atoms. The Morgan fingerprint density at radius 1 is 1.03 bits per heavy atom. The Bertz CT molecular complexity index is 1130. The van der Waals surface area contributed by atoms with Crippen LogP contribution in [0, 0.1) is 11.3 Å². The number of amides is 1. The van der Waals surface area contributed by atoms with E-state index in [1.54, 1.807) is 47.4 Å². The molecule has 3 aromatic carbocycles. The van der Waals surface area contributed by atoms with Gasteiger partial charge in [-0.05, 0) is 60.5 Å². The predicted molar refractivity (Wildman–Crippen MR) is 116 cm³/mol. The fourth-order valence-electron chi connectivity index (χ4n) is 3.66. The molecule has 1 amide bonds. The van der Waals surface area contributed by atoms with Crippen LogP contribution in [-0.2, 0) is 4.79 Å². The number of rotatable bonds is 5. The third-order valence-electron chi connectivity index (χ3n) is 5.21. The standard InChI is InChI=1S/C25H21N3O2/c1-17(19-6-3-2-4-7-19)27-23-15-24(20-8-5-9-22(29)14-20)28(25(23)30)21-12-10-18(16-26)11-13-21/h2-15,17,24,27,29H,1H3/t17-,24-/m1/s1. The monoisotopic (exact) mass is 395 g/mol. The number of phenols is 1. The zero-order valence-electron chi connectivity index (χ0n) is 16.5. The Morgan fingerprint density at radius 2 is 1.77 bits per heavy atom. The molecule has 2 N–H and O–H groups in total. The third-order valence-corrected chi connectivity index (χ3v) is 5.21. The van der Waals surface area contributed by atoms with Crippen LogP contribution >= 0.6 is 0 Å². The summed E-state index contributed by atoms with van der Waals surface area (Å²) in [4.78, 5) is 15.0. The Kier molecular flexibility index (Phi) is 5.23. The van der Waals surface area contributed by atoms with E-state index in [2.05, 4.69) is 11.4 Å². The van der Waals surface area contributed by atoms with Gasteiger partial charge in [-0.15, -0.1) is 0 Å². The molecule has 0 saturated carbocycles. The van der Waals surface area contributed by atoms with Gasteiger partial charge in [0.15, 0.2) is 0 Å². The van der Waals surface area contributed by atoms with Crippen LogP contribution in [0.3, 0.4) is 0 Å². The van der Waals surface area contributed by atoms with E-state index < -0.39 is 0 Å². The molecule has 0 spiro atoms. The van der Waals surface area contributed by atoms with Gasteiger partial charge in [-0.3, -0.25) is 9.69 Å². The predicted octanol–water partition coefficient (Wildman–Crippen LogP) is 4.59. The van der Waals surface area contributed by atoms with Gasteiger partial charge in [-0.25, -0.2) is 0 Å². The van der Waals surface area contributed by atoms with Crippen molar-refractivity contribution in [2.45, 2.75) is 19.0 Å². The van der Waals surface area contributed by atoms with Crippen LogP contribution in [0.4, 0.5) is 5.69 Å². The summed E-state index contributed by atoms with van der Waals surface area (Å²) in [5, 5.41) is 22.4. The zero-order valence-corrected chi connectivity index (χ0v) is 16.5. The maximum absolute atomic E-state index is 13.4. The molecule has 148 valence electrons. The highest BCUT2D eigenvalue weighted by Crippen LogP contribution is 2.36. The van der Waals surface area contributed by atoms with Crippen molar-refractivity contribution < 1.29 is 9.90 Å². The van der Waals surface area contributed by atoms with E-state index in [1.807, 2.05) is 49.4 Å². The number of phenolic OH excluding ortho intramolecular Hbond substituents is 1. The van der Waals surface area contributed by atoms with Gasteiger partial charge in [0.2, 0.25) is 0 Å². The quantitative estimate of drug-likeness (QED) is 0.663. The van der Waals surface area contributed by atoms with Gasteiger partial charge >= 0.3 is 0 Å². The van der Waals surface area contributed by atoms with E-state index in [0.717, 1.165) is 11.1 Å². The van der Waals surface area contributed by atoms with Crippen molar-refractivity contribution in [1.29, 1.82) is 5.26 Å². The summed E-state index contributed by atoms with van der Waals surface area (Å²) in [6.45, 7) is 2.01. The van der Waals surface area contributed by atoms with Crippen LogP contribution in [0.15, 0.2) is 90.6 Å². The second-order valence-corrected chi connectivity index (χ2v) is 7.23. The van der Waals surface area contributed by atoms with Crippen molar-refractivity contribution in [3.05, 3.63) is 107 Å². The van der Waals surface area contributed by atoms with Crippen molar-refractivity contribution >= 4 is 11.6 Å². The van der Waals surface area contributed by atoms with Crippen molar-refractivity contribution in [3.63, 3.8) is 0 Å². The minimum atomic E-state index is -0.372. The van der Waals surface area contributed by atoms with Crippen LogP contribution in [0.5, 0.6) is 5.75 Å². The first kappa shape index (κ1) is 19.3. The van der Waals surface area contributed by atoms with Gasteiger partial charge in [0, 0.05) is 11.7 Å². The molecule has 0 bridgehead atoms. The van der Waals surface area contributed by atoms with Crippen LogP contribution in [0.25, 0.3) is 0 Å². The van der Waals surface area contributed by atoms with E-state index in [-0.39, 0.29) is 23.7 Å². The second-order valence-electron chi connectivity index (χ2n) is 7.23. The van der Waals surface area contributed by atoms with Crippen LogP contribution in [0.2, 0.25) is 0 Å². The summed E-state index contributed by atoms with van der Waals surface area (Å²) in [6, 6.07) is 25.4. The van der Waals surface area contributed by atoms with Gasteiger partial charge in [-0.2, -0.15) is 5.26 Å². The lowest BCUT2D eigenvalue weighted by atomic mass is 10.1. The van der Waals surface area contributed by atoms with Crippen molar-refractivity contribution in [2.75, 3.05) is 4.90 Å². The van der Waals surface area contributed by atoms with Crippen molar-refractivity contribution in [2.24, 2.45) is 0 Å². The third kappa shape index (κ3) is 3.76. The Labute approximate surface area is 175 Å². The van der Waals surface area contributed by atoms with Crippen molar-refractivity contribution in [1.82, 2.24) is 5.32 Å². The minimum absolute atomic E-state index is 0.0489. The molecule has 0 radical (unpaired) electrons. The maximum Gasteiger partial charge on any atom is 0.274 e. The number of carbonyl (C=O) groups is 1. The summed E-state index contributed by atoms with van der Waals surface area (Å²) in [6.07, 6.45) is 1.88. The normalized spacial score (nSPS) is 16.7. The first-order valence-corrected chi connectivity index (χ1v) is 9.73. The number of carbonyl (C=O) groups excluding carboxylic acids is 1. The van der Waals surface area contributed by atoms with E-state index in [0.29, 0.717) is 16.9 Å². The molecule has 1 heterocycles. The first-order chi connectivity index (χ1) is 14.6. The smallest absolute Gasteiger partial charge is 0.274 e. The summed E-state index contributed by atoms with van der Waals surface area (Å²) in [5.74, 6) is -0.0111. The van der Waals surface area contributed by atoms with Crippen molar-refractivity contribution in [3.8, 4) is 11.8 Å². The number of anilines is 1. The fourth-order valence-corrected chi connectivity index (χ4v) is 3.66. The number of hydrogen-bond acceptors (Lipinski definition) is 4. The number of nitriles is 1. The van der Waals surface area contributed by atoms with Gasteiger partial charge < -0.3 is 10.4 Å². The highest BCUT2D eigenvalue weighted by Gasteiger charge is 2.35. The van der Waals surface area contributed by atoms with E-state index in [4.69, 9.17) is 5.26 Å². The molecule has 0 saturated heterocycles. The van der Waals surface area contributed by atoms with Gasteiger partial charge in [-0.1, -0.05) is 42.5 Å². The first-order valence-electron chi connectivity index (χ1n) is 9.73. The second kappa shape index (κ2) is 8.14. The molecule has 0 aliphatic carbocycles. The lowest BCUT2D eigenvalue weighted by molar-refractivity contribution is -0.115. The van der Waals surface area contributed by atoms with Crippen LogP contribution in [0.1, 0.15) is 35.7 Å². The molecule has 1 aliphatic heterocycles. The summed E-state index contributed by atoms with van der Waals surface area (Å²) >= 11 is 0. The van der Waals surface area contributed by atoms with Gasteiger partial charge in [0.05, 0.1) is 23.4 Å². The lowest BCUT2D eigenvalue weighted by Crippen LogP contribution is -2.33. The SMILES string of the molecule is C[C@@H](NC1=C[C@H](c2cccc(O)c2)N(c2ccc(C#N)cc2)C1=O)c1ccccc1. The summed E-state index contributed by atoms with van der Waals surface area (Å²) < 4.78 is 0. The van der Waals surface area contributed by atoms with Gasteiger partial charge in [0.25, 0.3) is 5.91 Å². The molecular formula is C25H21N3O2. The number of nitrogens with one attached hydrogen (secondary N) is 1. The fraction of sp³-hybridized carbons (Fsp3) is 0.120. The molecule has 0 aromatic heterocycles. The number of aromatic hydroxyl groups is 1. The molecular weight excluding hydrogens is 374 g/mol. The number of hydrogen-bond donors (Lipinski definition) is 2.